The van der Waals surface area contributed by atoms with Gasteiger partial charge in [0.15, 0.2) is 0 Å². The zero-order chi connectivity index (χ0) is 20.4. The second-order valence-electron chi connectivity index (χ2n) is 7.74. The molecule has 2 fully saturated rings. The highest BCUT2D eigenvalue weighted by molar-refractivity contribution is 14.1. The number of piperazine rings is 2. The molecular weight excluding hydrogens is 479 g/mol. The molecule has 3 heterocycles. The zero-order valence-electron chi connectivity index (χ0n) is 17.0. The second kappa shape index (κ2) is 8.83. The maximum absolute atomic E-state index is 12.8. The van der Waals surface area contributed by atoms with Gasteiger partial charge in [0.05, 0.1) is 0 Å². The number of halogens is 1. The Bertz CT molecular complexity index is 858. The molecule has 2 saturated heterocycles. The standard InChI is InChI=1S/C21H27IN6O/c1-16-15-19(26-9-7-25(2)8-10-26)24-21(23-16)28-13-11-27(12-14-28)20(29)17-3-5-18(22)6-4-17/h3-6,15H,7-14H2,1-2H3. The van der Waals surface area contributed by atoms with E-state index in [1.807, 2.05) is 36.1 Å². The van der Waals surface area contributed by atoms with Crippen LogP contribution in [0, 0.1) is 10.5 Å². The number of aryl methyl sites for hydroxylation is 1. The minimum atomic E-state index is 0.101. The lowest BCUT2D eigenvalue weighted by Gasteiger charge is -2.36. The summed E-state index contributed by atoms with van der Waals surface area (Å²) in [5.74, 6) is 1.89. The molecule has 2 aliphatic rings. The third-order valence-electron chi connectivity index (χ3n) is 5.60. The van der Waals surface area contributed by atoms with Crippen molar-refractivity contribution >= 4 is 40.3 Å². The van der Waals surface area contributed by atoms with Crippen LogP contribution in [-0.4, -0.2) is 85.1 Å². The minimum absolute atomic E-state index is 0.101. The largest absolute Gasteiger partial charge is 0.354 e. The molecular formula is C21H27IN6O. The van der Waals surface area contributed by atoms with E-state index in [9.17, 15) is 4.79 Å². The molecule has 1 aromatic heterocycles. The fourth-order valence-corrected chi connectivity index (χ4v) is 4.12. The highest BCUT2D eigenvalue weighted by Gasteiger charge is 2.25. The van der Waals surface area contributed by atoms with E-state index in [4.69, 9.17) is 4.98 Å². The van der Waals surface area contributed by atoms with Crippen LogP contribution < -0.4 is 9.80 Å². The van der Waals surface area contributed by atoms with Gasteiger partial charge in [-0.15, -0.1) is 0 Å². The van der Waals surface area contributed by atoms with E-state index in [1.165, 1.54) is 0 Å². The number of aromatic nitrogens is 2. The van der Waals surface area contributed by atoms with Crippen molar-refractivity contribution in [3.8, 4) is 0 Å². The molecule has 0 spiro atoms. The molecule has 154 valence electrons. The van der Waals surface area contributed by atoms with E-state index < -0.39 is 0 Å². The number of hydrogen-bond donors (Lipinski definition) is 0. The van der Waals surface area contributed by atoms with Crippen LogP contribution in [0.2, 0.25) is 0 Å². The van der Waals surface area contributed by atoms with E-state index in [0.29, 0.717) is 13.1 Å². The summed E-state index contributed by atoms with van der Waals surface area (Å²) in [6.45, 7) is 8.99. The molecule has 0 saturated carbocycles. The minimum Gasteiger partial charge on any atom is -0.354 e. The summed E-state index contributed by atoms with van der Waals surface area (Å²) in [6, 6.07) is 9.84. The molecule has 2 aromatic rings. The van der Waals surface area contributed by atoms with Crippen LogP contribution in [0.15, 0.2) is 30.3 Å². The van der Waals surface area contributed by atoms with Crippen molar-refractivity contribution in [3.63, 3.8) is 0 Å². The first kappa shape index (κ1) is 20.3. The van der Waals surface area contributed by atoms with Gasteiger partial charge in [-0.2, -0.15) is 4.98 Å². The summed E-state index contributed by atoms with van der Waals surface area (Å²) < 4.78 is 1.14. The van der Waals surface area contributed by atoms with Gasteiger partial charge >= 0.3 is 0 Å². The van der Waals surface area contributed by atoms with Crippen LogP contribution in [0.4, 0.5) is 11.8 Å². The molecule has 0 atom stereocenters. The average Bonchev–Trinajstić information content (AvgIpc) is 2.74. The third kappa shape index (κ3) is 4.80. The van der Waals surface area contributed by atoms with E-state index in [2.05, 4.69) is 55.4 Å². The normalized spacial score (nSPS) is 18.2. The first-order chi connectivity index (χ1) is 14.0. The van der Waals surface area contributed by atoms with Crippen LogP contribution in [0.5, 0.6) is 0 Å². The summed E-state index contributed by atoms with van der Waals surface area (Å²) in [6.07, 6.45) is 0. The van der Waals surface area contributed by atoms with E-state index in [-0.39, 0.29) is 5.91 Å². The van der Waals surface area contributed by atoms with Gasteiger partial charge in [-0.3, -0.25) is 4.79 Å². The summed E-state index contributed by atoms with van der Waals surface area (Å²) in [5.41, 5.74) is 1.74. The van der Waals surface area contributed by atoms with Gasteiger partial charge in [-0.25, -0.2) is 4.98 Å². The van der Waals surface area contributed by atoms with Crippen molar-refractivity contribution in [1.82, 2.24) is 19.8 Å². The quantitative estimate of drug-likeness (QED) is 0.595. The molecule has 0 N–H and O–H groups in total. The number of likely N-dealkylation sites (N-methyl/N-ethyl adjacent to an activating group) is 1. The number of carbonyl (C=O) groups is 1. The van der Waals surface area contributed by atoms with Crippen molar-refractivity contribution < 1.29 is 4.79 Å². The van der Waals surface area contributed by atoms with Crippen molar-refractivity contribution in [2.24, 2.45) is 0 Å². The van der Waals surface area contributed by atoms with Gasteiger partial charge < -0.3 is 19.6 Å². The third-order valence-corrected chi connectivity index (χ3v) is 6.32. The highest BCUT2D eigenvalue weighted by Crippen LogP contribution is 2.20. The molecule has 1 amide bonds. The molecule has 29 heavy (non-hydrogen) atoms. The number of rotatable bonds is 3. The van der Waals surface area contributed by atoms with Crippen LogP contribution in [0.3, 0.4) is 0 Å². The molecule has 0 unspecified atom stereocenters. The van der Waals surface area contributed by atoms with Crippen LogP contribution in [0.25, 0.3) is 0 Å². The Morgan fingerprint density at radius 3 is 2.17 bits per heavy atom. The summed E-state index contributed by atoms with van der Waals surface area (Å²) in [7, 11) is 2.16. The van der Waals surface area contributed by atoms with Crippen molar-refractivity contribution in [3.05, 3.63) is 45.2 Å². The Morgan fingerprint density at radius 1 is 0.897 bits per heavy atom. The summed E-state index contributed by atoms with van der Waals surface area (Å²) in [4.78, 5) is 31.1. The van der Waals surface area contributed by atoms with Crippen LogP contribution >= 0.6 is 22.6 Å². The predicted octanol–water partition coefficient (Wildman–Crippen LogP) is 2.10. The number of anilines is 2. The Morgan fingerprint density at radius 2 is 1.52 bits per heavy atom. The van der Waals surface area contributed by atoms with Crippen molar-refractivity contribution in [2.45, 2.75) is 6.92 Å². The van der Waals surface area contributed by atoms with Crippen LogP contribution in [-0.2, 0) is 0 Å². The lowest BCUT2D eigenvalue weighted by Crippen LogP contribution is -2.49. The van der Waals surface area contributed by atoms with E-state index >= 15 is 0 Å². The molecule has 1 aromatic carbocycles. The number of hydrogen-bond acceptors (Lipinski definition) is 6. The predicted molar refractivity (Wildman–Crippen MR) is 124 cm³/mol. The topological polar surface area (TPSA) is 55.8 Å². The lowest BCUT2D eigenvalue weighted by molar-refractivity contribution is 0.0746. The molecule has 0 radical (unpaired) electrons. The average molecular weight is 506 g/mol. The molecule has 8 heteroatoms. The monoisotopic (exact) mass is 506 g/mol. The molecule has 2 aliphatic heterocycles. The molecule has 0 bridgehead atoms. The number of amides is 1. The fourth-order valence-electron chi connectivity index (χ4n) is 3.76. The van der Waals surface area contributed by atoms with Gasteiger partial charge in [0.25, 0.3) is 5.91 Å². The van der Waals surface area contributed by atoms with Gasteiger partial charge in [-0.05, 0) is 60.8 Å². The van der Waals surface area contributed by atoms with Gasteiger partial charge in [0.2, 0.25) is 5.95 Å². The number of nitrogens with zero attached hydrogens (tertiary/aromatic N) is 6. The first-order valence-electron chi connectivity index (χ1n) is 10.1. The Hall–Kier alpha value is -1.94. The Kier molecular flexibility index (Phi) is 6.19. The first-order valence-corrected chi connectivity index (χ1v) is 11.2. The van der Waals surface area contributed by atoms with E-state index in [0.717, 1.165) is 65.9 Å². The summed E-state index contributed by atoms with van der Waals surface area (Å²) >= 11 is 2.25. The van der Waals surface area contributed by atoms with Gasteiger partial charge in [0, 0.05) is 73.3 Å². The molecule has 7 nitrogen and oxygen atoms in total. The van der Waals surface area contributed by atoms with E-state index in [1.54, 1.807) is 0 Å². The second-order valence-corrected chi connectivity index (χ2v) is 8.99. The summed E-state index contributed by atoms with van der Waals surface area (Å²) in [5, 5.41) is 0. The number of benzene rings is 1. The maximum atomic E-state index is 12.8. The SMILES string of the molecule is Cc1cc(N2CCN(C)CC2)nc(N2CCN(C(=O)c3ccc(I)cc3)CC2)n1. The van der Waals surface area contributed by atoms with Gasteiger partial charge in [-0.1, -0.05) is 0 Å². The van der Waals surface area contributed by atoms with Crippen molar-refractivity contribution in [2.75, 3.05) is 69.2 Å². The zero-order valence-corrected chi connectivity index (χ0v) is 19.2. The van der Waals surface area contributed by atoms with Crippen molar-refractivity contribution in [1.29, 1.82) is 0 Å². The molecule has 4 rings (SSSR count). The smallest absolute Gasteiger partial charge is 0.253 e. The lowest BCUT2D eigenvalue weighted by atomic mass is 10.2. The Labute approximate surface area is 185 Å². The maximum Gasteiger partial charge on any atom is 0.253 e. The fraction of sp³-hybridized carbons (Fsp3) is 0.476. The van der Waals surface area contributed by atoms with Gasteiger partial charge in [0.1, 0.15) is 5.82 Å². The molecule has 0 aliphatic carbocycles. The highest BCUT2D eigenvalue weighted by atomic mass is 127. The Balaban J connectivity index is 1.41. The number of carbonyl (C=O) groups excluding carboxylic acids is 1. The van der Waals surface area contributed by atoms with Crippen LogP contribution in [0.1, 0.15) is 16.1 Å².